The van der Waals surface area contributed by atoms with Gasteiger partial charge in [0.1, 0.15) is 11.3 Å². The fraction of sp³-hybridized carbons (Fsp3) is 0.111. The van der Waals surface area contributed by atoms with E-state index in [1.54, 1.807) is 36.8 Å². The number of hydrogen-bond donors (Lipinski definition) is 4. The molecule has 8 nitrogen and oxygen atoms in total. The summed E-state index contributed by atoms with van der Waals surface area (Å²) >= 11 is 0. The molecule has 0 atom stereocenters. The summed E-state index contributed by atoms with van der Waals surface area (Å²) in [4.78, 5) is 34.3. The van der Waals surface area contributed by atoms with Gasteiger partial charge in [-0.25, -0.2) is 4.98 Å². The van der Waals surface area contributed by atoms with Crippen LogP contribution in [0.4, 0.5) is 0 Å². The number of nitrogens with one attached hydrogen (secondary N) is 2. The van der Waals surface area contributed by atoms with Crippen LogP contribution in [0.1, 0.15) is 16.1 Å². The third-order valence-electron chi connectivity index (χ3n) is 3.72. The molecule has 0 fully saturated rings. The van der Waals surface area contributed by atoms with Gasteiger partial charge in [-0.3, -0.25) is 14.6 Å². The van der Waals surface area contributed by atoms with Gasteiger partial charge in [-0.1, -0.05) is 6.07 Å². The Morgan fingerprint density at radius 2 is 2.04 bits per heavy atom. The molecule has 3 rings (SSSR count). The molecule has 0 aromatic carbocycles. The van der Waals surface area contributed by atoms with Crippen LogP contribution in [0.15, 0.2) is 42.9 Å². The van der Waals surface area contributed by atoms with Gasteiger partial charge in [0, 0.05) is 53.3 Å². The van der Waals surface area contributed by atoms with E-state index in [1.807, 2.05) is 6.07 Å². The number of pyridine rings is 2. The molecule has 132 valence electrons. The second-order valence-corrected chi connectivity index (χ2v) is 5.51. The number of carbonyl (C=O) groups is 2. The minimum atomic E-state index is -0.525. The first-order valence-corrected chi connectivity index (χ1v) is 7.88. The van der Waals surface area contributed by atoms with Crippen molar-refractivity contribution in [2.24, 2.45) is 5.73 Å². The maximum absolute atomic E-state index is 11.8. The highest BCUT2D eigenvalue weighted by atomic mass is 16.3. The molecule has 3 heterocycles. The average Bonchev–Trinajstić information content (AvgIpc) is 3.06. The van der Waals surface area contributed by atoms with E-state index < -0.39 is 5.91 Å². The summed E-state index contributed by atoms with van der Waals surface area (Å²) in [6, 6.07) is 5.30. The standard InChI is InChI=1S/C18H17N5O3/c19-16(25)4-2-12-9-22-17-14(12)7-13(10-23-17)11-1-3-15(21-8-11)18(26)20-5-6-24/h1-4,7-10,24H,5-6H2,(H2,19,25)(H,20,26)(H,22,23)/b4-2+. The zero-order valence-corrected chi connectivity index (χ0v) is 13.8. The second kappa shape index (κ2) is 7.58. The Labute approximate surface area is 148 Å². The molecule has 0 radical (unpaired) electrons. The Morgan fingerprint density at radius 1 is 1.23 bits per heavy atom. The smallest absolute Gasteiger partial charge is 0.269 e. The highest BCUT2D eigenvalue weighted by Crippen LogP contribution is 2.25. The molecular weight excluding hydrogens is 334 g/mol. The van der Waals surface area contributed by atoms with Gasteiger partial charge in [0.25, 0.3) is 5.91 Å². The van der Waals surface area contributed by atoms with Crippen molar-refractivity contribution in [3.63, 3.8) is 0 Å². The number of hydrogen-bond acceptors (Lipinski definition) is 5. The van der Waals surface area contributed by atoms with E-state index in [9.17, 15) is 9.59 Å². The zero-order chi connectivity index (χ0) is 18.5. The van der Waals surface area contributed by atoms with Crippen LogP contribution in [0.25, 0.3) is 28.2 Å². The third kappa shape index (κ3) is 3.76. The van der Waals surface area contributed by atoms with Crippen LogP contribution >= 0.6 is 0 Å². The van der Waals surface area contributed by atoms with Crippen LogP contribution in [0.2, 0.25) is 0 Å². The maximum Gasteiger partial charge on any atom is 0.269 e. The Kier molecular flexibility index (Phi) is 5.04. The summed E-state index contributed by atoms with van der Waals surface area (Å²) in [5.74, 6) is -0.869. The summed E-state index contributed by atoms with van der Waals surface area (Å²) in [7, 11) is 0. The highest BCUT2D eigenvalue weighted by molar-refractivity contribution is 5.96. The van der Waals surface area contributed by atoms with Gasteiger partial charge < -0.3 is 21.1 Å². The van der Waals surface area contributed by atoms with Crippen molar-refractivity contribution in [3.8, 4) is 11.1 Å². The normalized spacial score (nSPS) is 11.1. The van der Waals surface area contributed by atoms with Crippen molar-refractivity contribution < 1.29 is 14.7 Å². The maximum atomic E-state index is 11.8. The van der Waals surface area contributed by atoms with Crippen LogP contribution in [0, 0.1) is 0 Å². The number of H-pyrrole nitrogens is 1. The second-order valence-electron chi connectivity index (χ2n) is 5.51. The van der Waals surface area contributed by atoms with Crippen LogP contribution in [-0.2, 0) is 4.79 Å². The van der Waals surface area contributed by atoms with Crippen molar-refractivity contribution in [1.29, 1.82) is 0 Å². The Balaban J connectivity index is 1.89. The first-order chi connectivity index (χ1) is 12.6. The van der Waals surface area contributed by atoms with Crippen molar-refractivity contribution in [2.45, 2.75) is 0 Å². The third-order valence-corrected chi connectivity index (χ3v) is 3.72. The molecule has 0 aliphatic carbocycles. The van der Waals surface area contributed by atoms with Crippen molar-refractivity contribution in [2.75, 3.05) is 13.2 Å². The van der Waals surface area contributed by atoms with Gasteiger partial charge in [-0.15, -0.1) is 0 Å². The van der Waals surface area contributed by atoms with E-state index in [2.05, 4.69) is 20.3 Å². The molecule has 26 heavy (non-hydrogen) atoms. The van der Waals surface area contributed by atoms with Gasteiger partial charge in [0.15, 0.2) is 0 Å². The number of carbonyl (C=O) groups excluding carboxylic acids is 2. The summed E-state index contributed by atoms with van der Waals surface area (Å²) in [5, 5.41) is 12.1. The minimum Gasteiger partial charge on any atom is -0.395 e. The zero-order valence-electron chi connectivity index (χ0n) is 13.8. The number of aliphatic hydroxyl groups excluding tert-OH is 1. The number of fused-ring (bicyclic) bond motifs is 1. The van der Waals surface area contributed by atoms with E-state index in [4.69, 9.17) is 10.8 Å². The minimum absolute atomic E-state index is 0.126. The van der Waals surface area contributed by atoms with E-state index in [0.29, 0.717) is 5.65 Å². The molecular formula is C18H17N5O3. The Morgan fingerprint density at radius 3 is 2.73 bits per heavy atom. The van der Waals surface area contributed by atoms with Gasteiger partial charge >= 0.3 is 0 Å². The monoisotopic (exact) mass is 351 g/mol. The summed E-state index contributed by atoms with van der Waals surface area (Å²) in [5.41, 5.74) is 8.50. The van der Waals surface area contributed by atoms with Crippen molar-refractivity contribution in [1.82, 2.24) is 20.3 Å². The SMILES string of the molecule is NC(=O)/C=C/c1c[nH]c2ncc(-c3ccc(C(=O)NCCO)nc3)cc12. The highest BCUT2D eigenvalue weighted by Gasteiger charge is 2.09. The van der Waals surface area contributed by atoms with Crippen LogP contribution in [0.3, 0.4) is 0 Å². The van der Waals surface area contributed by atoms with Gasteiger partial charge in [0.2, 0.25) is 5.91 Å². The largest absolute Gasteiger partial charge is 0.395 e. The summed E-state index contributed by atoms with van der Waals surface area (Å²) < 4.78 is 0. The fourth-order valence-corrected chi connectivity index (χ4v) is 2.45. The van der Waals surface area contributed by atoms with Crippen LogP contribution < -0.4 is 11.1 Å². The molecule has 5 N–H and O–H groups in total. The van der Waals surface area contributed by atoms with Gasteiger partial charge in [-0.2, -0.15) is 0 Å². The number of aromatic nitrogens is 3. The molecule has 8 heteroatoms. The van der Waals surface area contributed by atoms with Crippen LogP contribution in [-0.4, -0.2) is 45.0 Å². The van der Waals surface area contributed by atoms with Crippen molar-refractivity contribution in [3.05, 3.63) is 54.1 Å². The summed E-state index contributed by atoms with van der Waals surface area (Å²) in [6.45, 7) is 0.0522. The number of rotatable bonds is 6. The lowest BCUT2D eigenvalue weighted by Crippen LogP contribution is -2.27. The average molecular weight is 351 g/mol. The lowest BCUT2D eigenvalue weighted by molar-refractivity contribution is -0.113. The molecule has 0 unspecified atom stereocenters. The van der Waals surface area contributed by atoms with E-state index in [-0.39, 0.29) is 24.8 Å². The molecule has 0 aliphatic rings. The number of aliphatic hydroxyl groups is 1. The van der Waals surface area contributed by atoms with Crippen molar-refractivity contribution >= 4 is 28.9 Å². The molecule has 3 aromatic rings. The Hall–Kier alpha value is -3.52. The number of primary amides is 1. The predicted octanol–water partition coefficient (Wildman–Crippen LogP) is 0.845. The Bertz CT molecular complexity index is 976. The molecule has 2 amide bonds. The first kappa shape index (κ1) is 17.3. The van der Waals surface area contributed by atoms with E-state index in [1.165, 1.54) is 6.08 Å². The quantitative estimate of drug-likeness (QED) is 0.488. The fourth-order valence-electron chi connectivity index (χ4n) is 2.45. The lowest BCUT2D eigenvalue weighted by Gasteiger charge is -2.05. The molecule has 0 saturated heterocycles. The molecule has 0 aliphatic heterocycles. The number of amides is 2. The molecule has 0 spiro atoms. The molecule has 0 saturated carbocycles. The van der Waals surface area contributed by atoms with Crippen LogP contribution in [0.5, 0.6) is 0 Å². The lowest BCUT2D eigenvalue weighted by atomic mass is 10.1. The summed E-state index contributed by atoms with van der Waals surface area (Å²) in [6.07, 6.45) is 7.94. The molecule has 3 aromatic heterocycles. The predicted molar refractivity (Wildman–Crippen MR) is 97.0 cm³/mol. The molecule has 0 bridgehead atoms. The number of nitrogens with zero attached hydrogens (tertiary/aromatic N) is 2. The number of aromatic amines is 1. The van der Waals surface area contributed by atoms with E-state index in [0.717, 1.165) is 22.1 Å². The van der Waals surface area contributed by atoms with Gasteiger partial charge in [-0.05, 0) is 18.2 Å². The first-order valence-electron chi connectivity index (χ1n) is 7.88. The number of nitrogens with two attached hydrogens (primary N) is 1. The van der Waals surface area contributed by atoms with E-state index >= 15 is 0 Å². The van der Waals surface area contributed by atoms with Gasteiger partial charge in [0.05, 0.1) is 6.61 Å². The topological polar surface area (TPSA) is 134 Å².